The van der Waals surface area contributed by atoms with Crippen LogP contribution in [-0.2, 0) is 6.42 Å². The van der Waals surface area contributed by atoms with E-state index < -0.39 is 0 Å². The summed E-state index contributed by atoms with van der Waals surface area (Å²) < 4.78 is 5.39. The van der Waals surface area contributed by atoms with Crippen LogP contribution in [0.1, 0.15) is 66.6 Å². The van der Waals surface area contributed by atoms with E-state index in [4.69, 9.17) is 4.52 Å². The van der Waals surface area contributed by atoms with Crippen molar-refractivity contribution >= 4 is 11.7 Å². The summed E-state index contributed by atoms with van der Waals surface area (Å²) in [6.45, 7) is 2.22. The Morgan fingerprint density at radius 2 is 1.96 bits per heavy atom. The van der Waals surface area contributed by atoms with Gasteiger partial charge in [0.25, 0.3) is 5.91 Å². The number of likely N-dealkylation sites (tertiary alicyclic amines) is 1. The van der Waals surface area contributed by atoms with Crippen LogP contribution in [0.3, 0.4) is 0 Å². The van der Waals surface area contributed by atoms with E-state index in [0.717, 1.165) is 44.7 Å². The first-order chi connectivity index (χ1) is 12.8. The molecule has 2 aromatic heterocycles. The summed E-state index contributed by atoms with van der Waals surface area (Å²) in [6.07, 6.45) is 10.7. The van der Waals surface area contributed by atoms with E-state index in [1.165, 1.54) is 19.0 Å². The van der Waals surface area contributed by atoms with Crippen LogP contribution in [0.5, 0.6) is 0 Å². The minimum Gasteiger partial charge on any atom is -0.368 e. The van der Waals surface area contributed by atoms with Gasteiger partial charge in [-0.2, -0.15) is 4.98 Å². The van der Waals surface area contributed by atoms with Crippen LogP contribution < -0.4 is 5.32 Å². The van der Waals surface area contributed by atoms with Crippen molar-refractivity contribution in [1.29, 1.82) is 0 Å². The molecular weight excluding hydrogens is 332 g/mol. The van der Waals surface area contributed by atoms with Gasteiger partial charge in [0.05, 0.1) is 12.4 Å². The van der Waals surface area contributed by atoms with Crippen LogP contribution in [-0.4, -0.2) is 50.5 Å². The number of nitrogens with zero attached hydrogens (tertiary/aromatic N) is 5. The molecular formula is C18H24N6O2. The fourth-order valence-corrected chi connectivity index (χ4v) is 3.65. The Morgan fingerprint density at radius 1 is 1.15 bits per heavy atom. The first kappa shape index (κ1) is 16.9. The average Bonchev–Trinajstić information content (AvgIpc) is 3.42. The van der Waals surface area contributed by atoms with Crippen molar-refractivity contribution in [3.63, 3.8) is 0 Å². The SMILES string of the molecule is O=C(c1cncc(NCCc2noc(C3CCCC3)n2)n1)N1CCCC1. The molecule has 2 aromatic rings. The number of amides is 1. The summed E-state index contributed by atoms with van der Waals surface area (Å²) in [6, 6.07) is 0. The molecule has 0 spiro atoms. The van der Waals surface area contributed by atoms with Gasteiger partial charge in [-0.1, -0.05) is 18.0 Å². The largest absolute Gasteiger partial charge is 0.368 e. The average molecular weight is 356 g/mol. The maximum atomic E-state index is 12.4. The van der Waals surface area contributed by atoms with E-state index in [2.05, 4.69) is 25.4 Å². The van der Waals surface area contributed by atoms with Gasteiger partial charge in [-0.3, -0.25) is 9.78 Å². The minimum absolute atomic E-state index is 0.0435. The van der Waals surface area contributed by atoms with E-state index in [-0.39, 0.29) is 5.91 Å². The molecule has 0 aromatic carbocycles. The molecule has 1 saturated carbocycles. The van der Waals surface area contributed by atoms with Gasteiger partial charge < -0.3 is 14.7 Å². The Labute approximate surface area is 152 Å². The molecule has 0 bridgehead atoms. The molecule has 8 nitrogen and oxygen atoms in total. The van der Waals surface area contributed by atoms with Gasteiger partial charge in [-0.15, -0.1) is 0 Å². The molecule has 0 radical (unpaired) electrons. The van der Waals surface area contributed by atoms with Gasteiger partial charge in [0.15, 0.2) is 5.82 Å². The van der Waals surface area contributed by atoms with Gasteiger partial charge >= 0.3 is 0 Å². The fraction of sp³-hybridized carbons (Fsp3) is 0.611. The third kappa shape index (κ3) is 3.84. The second-order valence-corrected chi connectivity index (χ2v) is 7.00. The number of nitrogens with one attached hydrogen (secondary N) is 1. The molecule has 4 rings (SSSR count). The summed E-state index contributed by atoms with van der Waals surface area (Å²) in [4.78, 5) is 27.2. The fourth-order valence-electron chi connectivity index (χ4n) is 3.65. The topological polar surface area (TPSA) is 97.0 Å². The number of anilines is 1. The number of hydrogen-bond donors (Lipinski definition) is 1. The Balaban J connectivity index is 1.30. The monoisotopic (exact) mass is 356 g/mol. The molecule has 1 aliphatic carbocycles. The molecule has 138 valence electrons. The molecule has 26 heavy (non-hydrogen) atoms. The quantitative estimate of drug-likeness (QED) is 0.849. The zero-order valence-corrected chi connectivity index (χ0v) is 14.9. The third-order valence-corrected chi connectivity index (χ3v) is 5.09. The van der Waals surface area contributed by atoms with Crippen molar-refractivity contribution < 1.29 is 9.32 Å². The van der Waals surface area contributed by atoms with E-state index in [1.807, 2.05) is 4.90 Å². The van der Waals surface area contributed by atoms with Gasteiger partial charge in [0, 0.05) is 32.0 Å². The van der Waals surface area contributed by atoms with E-state index >= 15 is 0 Å². The summed E-state index contributed by atoms with van der Waals surface area (Å²) in [7, 11) is 0. The Morgan fingerprint density at radius 3 is 2.77 bits per heavy atom. The molecule has 1 amide bonds. The van der Waals surface area contributed by atoms with Gasteiger partial charge in [-0.05, 0) is 25.7 Å². The third-order valence-electron chi connectivity index (χ3n) is 5.09. The molecule has 1 saturated heterocycles. The Bertz CT molecular complexity index is 750. The molecule has 2 fully saturated rings. The lowest BCUT2D eigenvalue weighted by Gasteiger charge is -2.14. The maximum absolute atomic E-state index is 12.4. The summed E-state index contributed by atoms with van der Waals surface area (Å²) in [5, 5.41) is 7.26. The number of aromatic nitrogens is 4. The van der Waals surface area contributed by atoms with Crippen molar-refractivity contribution in [3.8, 4) is 0 Å². The highest BCUT2D eigenvalue weighted by Gasteiger charge is 2.23. The molecule has 8 heteroatoms. The molecule has 3 heterocycles. The summed E-state index contributed by atoms with van der Waals surface area (Å²) in [5.74, 6) is 2.46. The lowest BCUT2D eigenvalue weighted by Crippen LogP contribution is -2.28. The smallest absolute Gasteiger partial charge is 0.274 e. The van der Waals surface area contributed by atoms with Crippen LogP contribution in [0.15, 0.2) is 16.9 Å². The molecule has 0 atom stereocenters. The predicted octanol–water partition coefficient (Wildman–Crippen LogP) is 2.41. The maximum Gasteiger partial charge on any atom is 0.274 e. The molecule has 2 aliphatic rings. The number of rotatable bonds is 6. The van der Waals surface area contributed by atoms with Crippen molar-refractivity contribution in [2.45, 2.75) is 50.9 Å². The van der Waals surface area contributed by atoms with E-state index in [0.29, 0.717) is 36.2 Å². The van der Waals surface area contributed by atoms with Gasteiger partial charge in [-0.25, -0.2) is 4.98 Å². The summed E-state index contributed by atoms with van der Waals surface area (Å²) >= 11 is 0. The molecule has 1 aliphatic heterocycles. The normalized spacial score (nSPS) is 17.8. The van der Waals surface area contributed by atoms with Crippen LogP contribution in [0.25, 0.3) is 0 Å². The van der Waals surface area contributed by atoms with Crippen molar-refractivity contribution in [2.24, 2.45) is 0 Å². The van der Waals surface area contributed by atoms with Gasteiger partial charge in [0.1, 0.15) is 11.5 Å². The zero-order valence-electron chi connectivity index (χ0n) is 14.9. The van der Waals surface area contributed by atoms with Crippen LogP contribution >= 0.6 is 0 Å². The van der Waals surface area contributed by atoms with Crippen molar-refractivity contribution in [3.05, 3.63) is 29.8 Å². The van der Waals surface area contributed by atoms with E-state index in [1.54, 1.807) is 6.20 Å². The van der Waals surface area contributed by atoms with Crippen LogP contribution in [0.4, 0.5) is 5.82 Å². The van der Waals surface area contributed by atoms with Crippen molar-refractivity contribution in [1.82, 2.24) is 25.0 Å². The minimum atomic E-state index is -0.0435. The first-order valence-corrected chi connectivity index (χ1v) is 9.47. The summed E-state index contributed by atoms with van der Waals surface area (Å²) in [5.41, 5.74) is 0.389. The Kier molecular flexibility index (Phi) is 5.08. The number of carbonyl (C=O) groups is 1. The van der Waals surface area contributed by atoms with Crippen LogP contribution in [0.2, 0.25) is 0 Å². The highest BCUT2D eigenvalue weighted by molar-refractivity contribution is 5.92. The standard InChI is InChI=1S/C18H24N6O2/c25-18(24-9-3-4-10-24)14-11-19-12-16(21-14)20-8-7-15-22-17(26-23-15)13-5-1-2-6-13/h11-13H,1-10H2,(H,20,21). The van der Waals surface area contributed by atoms with Gasteiger partial charge in [0.2, 0.25) is 5.89 Å². The lowest BCUT2D eigenvalue weighted by molar-refractivity contribution is 0.0786. The zero-order chi connectivity index (χ0) is 17.8. The highest BCUT2D eigenvalue weighted by atomic mass is 16.5. The lowest BCUT2D eigenvalue weighted by atomic mass is 10.1. The number of hydrogen-bond acceptors (Lipinski definition) is 7. The highest BCUT2D eigenvalue weighted by Crippen LogP contribution is 2.32. The van der Waals surface area contributed by atoms with Crippen molar-refractivity contribution in [2.75, 3.05) is 25.0 Å². The van der Waals surface area contributed by atoms with Crippen LogP contribution in [0, 0.1) is 0 Å². The Hall–Kier alpha value is -2.51. The predicted molar refractivity (Wildman–Crippen MR) is 94.9 cm³/mol. The second-order valence-electron chi connectivity index (χ2n) is 7.00. The number of carbonyl (C=O) groups excluding carboxylic acids is 1. The molecule has 1 N–H and O–H groups in total. The first-order valence-electron chi connectivity index (χ1n) is 9.47. The van der Waals surface area contributed by atoms with E-state index in [9.17, 15) is 4.79 Å². The second kappa shape index (κ2) is 7.80. The molecule has 0 unspecified atom stereocenters.